The van der Waals surface area contributed by atoms with Crippen LogP contribution in [0.15, 0.2) is 24.5 Å². The first-order valence-corrected chi connectivity index (χ1v) is 10.1. The number of aromatic nitrogens is 1. The number of pyridine rings is 1. The van der Waals surface area contributed by atoms with Crippen LogP contribution in [0.2, 0.25) is 0 Å². The summed E-state index contributed by atoms with van der Waals surface area (Å²) in [5.74, 6) is -0.285. The number of carbonyl (C=O) groups excluding carboxylic acids is 3. The standard InChI is InChI=1S/C20H27N5O3/c1-15-4-2-3-7-20(15)18(27)25(19(28)22-20)14-17(26)24-12-10-23(11-13-24)16-5-8-21-9-6-16/h5-6,8-9,15H,2-4,7,10-14H2,1H3,(H,22,28)/p+1/t15-,20-/m1/s1. The van der Waals surface area contributed by atoms with Crippen molar-refractivity contribution in [3.05, 3.63) is 24.5 Å². The zero-order valence-corrected chi connectivity index (χ0v) is 16.3. The molecule has 28 heavy (non-hydrogen) atoms. The summed E-state index contributed by atoms with van der Waals surface area (Å²) in [5.41, 5.74) is 0.312. The van der Waals surface area contributed by atoms with Gasteiger partial charge < -0.3 is 15.1 Å². The molecule has 2 saturated heterocycles. The number of rotatable bonds is 3. The van der Waals surface area contributed by atoms with Gasteiger partial charge in [0, 0.05) is 44.0 Å². The van der Waals surface area contributed by atoms with Gasteiger partial charge in [-0.1, -0.05) is 19.8 Å². The van der Waals surface area contributed by atoms with Gasteiger partial charge >= 0.3 is 6.03 Å². The lowest BCUT2D eigenvalue weighted by molar-refractivity contribution is -0.377. The van der Waals surface area contributed by atoms with Gasteiger partial charge in [-0.05, 0) is 18.8 Å². The number of imide groups is 1. The number of piperazine rings is 1. The summed E-state index contributed by atoms with van der Waals surface area (Å²) in [6.45, 7) is 4.49. The summed E-state index contributed by atoms with van der Waals surface area (Å²) in [5, 5.41) is 2.91. The van der Waals surface area contributed by atoms with Crippen LogP contribution in [-0.2, 0) is 9.59 Å². The molecule has 2 aliphatic heterocycles. The van der Waals surface area contributed by atoms with Crippen molar-refractivity contribution < 1.29 is 19.4 Å². The molecule has 0 aromatic carbocycles. The van der Waals surface area contributed by atoms with Crippen molar-refractivity contribution in [2.24, 2.45) is 5.92 Å². The van der Waals surface area contributed by atoms with E-state index in [-0.39, 0.29) is 24.3 Å². The van der Waals surface area contributed by atoms with Crippen LogP contribution in [0.3, 0.4) is 0 Å². The number of urea groups is 1. The summed E-state index contributed by atoms with van der Waals surface area (Å²) < 4.78 is 0. The second kappa shape index (κ2) is 7.41. The Bertz CT molecular complexity index is 762. The molecule has 1 aliphatic carbocycles. The van der Waals surface area contributed by atoms with Gasteiger partial charge in [-0.2, -0.15) is 0 Å². The Morgan fingerprint density at radius 1 is 1.18 bits per heavy atom. The van der Waals surface area contributed by atoms with Gasteiger partial charge in [-0.15, -0.1) is 0 Å². The molecule has 1 saturated carbocycles. The molecule has 0 radical (unpaired) electrons. The topological polar surface area (TPSA) is 87.1 Å². The molecule has 4 amide bonds. The molecule has 1 aromatic heterocycles. The van der Waals surface area contributed by atoms with Crippen molar-refractivity contribution in [3.63, 3.8) is 0 Å². The number of anilines is 1. The van der Waals surface area contributed by atoms with Crippen LogP contribution in [0.4, 0.5) is 10.5 Å². The minimum Gasteiger partial charge on any atom is -0.368 e. The van der Waals surface area contributed by atoms with Crippen LogP contribution in [0.1, 0.15) is 32.6 Å². The van der Waals surface area contributed by atoms with Gasteiger partial charge in [0.2, 0.25) is 5.91 Å². The van der Waals surface area contributed by atoms with Crippen molar-refractivity contribution in [1.29, 1.82) is 0 Å². The highest BCUT2D eigenvalue weighted by Gasteiger charge is 2.55. The first kappa shape index (κ1) is 18.7. The molecule has 3 fully saturated rings. The van der Waals surface area contributed by atoms with Gasteiger partial charge in [0.15, 0.2) is 12.4 Å². The number of carbonyl (C=O) groups is 3. The zero-order chi connectivity index (χ0) is 19.7. The molecule has 8 nitrogen and oxygen atoms in total. The summed E-state index contributed by atoms with van der Waals surface area (Å²) >= 11 is 0. The number of H-pyrrole nitrogens is 1. The molecule has 3 heterocycles. The fourth-order valence-electron chi connectivity index (χ4n) is 4.68. The van der Waals surface area contributed by atoms with Gasteiger partial charge in [0.25, 0.3) is 5.91 Å². The largest absolute Gasteiger partial charge is 0.368 e. The highest BCUT2D eigenvalue weighted by atomic mass is 16.2. The first-order chi connectivity index (χ1) is 13.5. The zero-order valence-electron chi connectivity index (χ0n) is 16.3. The molecule has 8 heteroatoms. The van der Waals surface area contributed by atoms with E-state index in [9.17, 15) is 14.4 Å². The maximum atomic E-state index is 13.0. The van der Waals surface area contributed by atoms with Gasteiger partial charge in [-0.3, -0.25) is 14.5 Å². The van der Waals surface area contributed by atoms with Gasteiger partial charge in [-0.25, -0.2) is 9.78 Å². The first-order valence-electron chi connectivity index (χ1n) is 10.1. The Kier molecular flexibility index (Phi) is 4.95. The van der Waals surface area contributed by atoms with Crippen molar-refractivity contribution in [1.82, 2.24) is 15.1 Å². The maximum Gasteiger partial charge on any atom is 0.325 e. The van der Waals surface area contributed by atoms with Crippen LogP contribution in [-0.4, -0.2) is 65.9 Å². The van der Waals surface area contributed by atoms with Crippen molar-refractivity contribution >= 4 is 23.5 Å². The number of nitrogens with one attached hydrogen (secondary N) is 2. The normalized spacial score (nSPS) is 28.0. The van der Waals surface area contributed by atoms with E-state index in [1.54, 1.807) is 4.90 Å². The van der Waals surface area contributed by atoms with E-state index in [2.05, 4.69) is 15.2 Å². The minimum absolute atomic E-state index is 0.101. The van der Waals surface area contributed by atoms with E-state index in [1.807, 2.05) is 31.5 Å². The van der Waals surface area contributed by atoms with Crippen LogP contribution < -0.4 is 15.2 Å². The monoisotopic (exact) mass is 386 g/mol. The summed E-state index contributed by atoms with van der Waals surface area (Å²) in [4.78, 5) is 46.4. The van der Waals surface area contributed by atoms with Crippen molar-refractivity contribution in [2.45, 2.75) is 38.1 Å². The third-order valence-electron chi connectivity index (χ3n) is 6.49. The molecular weight excluding hydrogens is 358 g/mol. The SMILES string of the molecule is C[C@@H]1CCCC[C@@]12NC(=O)N(CC(=O)N1CCN(c3cc[nH+]cc3)CC1)C2=O. The molecule has 1 aromatic rings. The highest BCUT2D eigenvalue weighted by molar-refractivity contribution is 6.09. The van der Waals surface area contributed by atoms with E-state index in [1.165, 1.54) is 0 Å². The van der Waals surface area contributed by atoms with Gasteiger partial charge in [0.1, 0.15) is 12.1 Å². The molecule has 2 atom stereocenters. The lowest BCUT2D eigenvalue weighted by Gasteiger charge is -2.37. The lowest BCUT2D eigenvalue weighted by Crippen LogP contribution is -2.55. The predicted molar refractivity (Wildman–Crippen MR) is 102 cm³/mol. The summed E-state index contributed by atoms with van der Waals surface area (Å²) in [6, 6.07) is 3.59. The number of nitrogens with zero attached hydrogens (tertiary/aromatic N) is 3. The Labute approximate surface area is 164 Å². The minimum atomic E-state index is -0.807. The lowest BCUT2D eigenvalue weighted by atomic mass is 9.73. The number of hydrogen-bond acceptors (Lipinski definition) is 4. The second-order valence-electron chi connectivity index (χ2n) is 8.07. The molecule has 0 unspecified atom stereocenters. The highest BCUT2D eigenvalue weighted by Crippen LogP contribution is 2.38. The third kappa shape index (κ3) is 3.21. The molecule has 150 valence electrons. The van der Waals surface area contributed by atoms with E-state index < -0.39 is 11.6 Å². The van der Waals surface area contributed by atoms with Crippen molar-refractivity contribution in [3.8, 4) is 0 Å². The van der Waals surface area contributed by atoms with Crippen LogP contribution in [0, 0.1) is 5.92 Å². The molecule has 2 N–H and O–H groups in total. The average Bonchev–Trinajstić information content (AvgIpc) is 2.96. The smallest absolute Gasteiger partial charge is 0.325 e. The van der Waals surface area contributed by atoms with Crippen LogP contribution in [0.25, 0.3) is 0 Å². The molecule has 1 spiro atoms. The third-order valence-corrected chi connectivity index (χ3v) is 6.49. The molecular formula is C20H28N5O3+. The van der Waals surface area contributed by atoms with Gasteiger partial charge in [0.05, 0.1) is 0 Å². The van der Waals surface area contributed by atoms with Crippen LogP contribution >= 0.6 is 0 Å². The number of hydrogen-bond donors (Lipinski definition) is 1. The summed E-state index contributed by atoms with van der Waals surface area (Å²) in [6.07, 6.45) is 7.36. The quantitative estimate of drug-likeness (QED) is 0.773. The Morgan fingerprint density at radius 2 is 1.89 bits per heavy atom. The second-order valence-corrected chi connectivity index (χ2v) is 8.07. The number of amides is 4. The fraction of sp³-hybridized carbons (Fsp3) is 0.600. The van der Waals surface area contributed by atoms with E-state index >= 15 is 0 Å². The summed E-state index contributed by atoms with van der Waals surface area (Å²) in [7, 11) is 0. The van der Waals surface area contributed by atoms with Crippen molar-refractivity contribution in [2.75, 3.05) is 37.6 Å². The molecule has 3 aliphatic rings. The Balaban J connectivity index is 1.36. The Morgan fingerprint density at radius 3 is 2.57 bits per heavy atom. The van der Waals surface area contributed by atoms with E-state index in [0.29, 0.717) is 19.5 Å². The Hall–Kier alpha value is -2.64. The maximum absolute atomic E-state index is 13.0. The number of aromatic amines is 1. The molecule has 0 bridgehead atoms. The van der Waals surface area contributed by atoms with E-state index in [4.69, 9.17) is 0 Å². The predicted octanol–water partition coefficient (Wildman–Crippen LogP) is 0.650. The van der Waals surface area contributed by atoms with Crippen LogP contribution in [0.5, 0.6) is 0 Å². The molecule has 4 rings (SSSR count). The van der Waals surface area contributed by atoms with E-state index in [0.717, 1.165) is 42.9 Å². The average molecular weight is 386 g/mol. The fourth-order valence-corrected chi connectivity index (χ4v) is 4.68.